The molecular formula is C15H23NO. The van der Waals surface area contributed by atoms with Crippen molar-refractivity contribution in [2.75, 3.05) is 6.54 Å². The van der Waals surface area contributed by atoms with Crippen molar-refractivity contribution in [3.63, 3.8) is 0 Å². The Bertz CT molecular complexity index is 321. The fraction of sp³-hybridized carbons (Fsp3) is 0.533. The molecule has 0 spiro atoms. The maximum absolute atomic E-state index is 11.8. The molecule has 94 valence electrons. The molecule has 0 bridgehead atoms. The summed E-state index contributed by atoms with van der Waals surface area (Å²) in [7, 11) is 0. The molecule has 2 heteroatoms. The standard InChI is InChI=1S/C15H23NO/c1-3-4-8-11-16-15(17)13(2)12-14-9-6-5-7-10-14/h5-7,9-10,13H,3-4,8,11-12H2,1-2H3,(H,16,17). The second kappa shape index (κ2) is 7.88. The average Bonchev–Trinajstić information content (AvgIpc) is 2.35. The van der Waals surface area contributed by atoms with Gasteiger partial charge in [0.25, 0.3) is 0 Å². The van der Waals surface area contributed by atoms with E-state index >= 15 is 0 Å². The van der Waals surface area contributed by atoms with E-state index in [0.29, 0.717) is 0 Å². The van der Waals surface area contributed by atoms with Crippen molar-refractivity contribution in [1.82, 2.24) is 5.32 Å². The van der Waals surface area contributed by atoms with Gasteiger partial charge in [-0.25, -0.2) is 0 Å². The molecule has 0 heterocycles. The van der Waals surface area contributed by atoms with Crippen LogP contribution in [0.2, 0.25) is 0 Å². The van der Waals surface area contributed by atoms with Crippen molar-refractivity contribution < 1.29 is 4.79 Å². The van der Waals surface area contributed by atoms with Gasteiger partial charge in [-0.1, -0.05) is 57.0 Å². The van der Waals surface area contributed by atoms with Gasteiger partial charge in [-0.2, -0.15) is 0 Å². The van der Waals surface area contributed by atoms with Crippen LogP contribution in [0.15, 0.2) is 30.3 Å². The van der Waals surface area contributed by atoms with Gasteiger partial charge in [0.2, 0.25) is 5.91 Å². The van der Waals surface area contributed by atoms with Crippen molar-refractivity contribution >= 4 is 5.91 Å². The highest BCUT2D eigenvalue weighted by molar-refractivity contribution is 5.78. The lowest BCUT2D eigenvalue weighted by Gasteiger charge is -2.12. The first-order valence-electron chi connectivity index (χ1n) is 6.55. The number of hydrogen-bond donors (Lipinski definition) is 1. The second-order valence-electron chi connectivity index (χ2n) is 4.59. The second-order valence-corrected chi connectivity index (χ2v) is 4.59. The van der Waals surface area contributed by atoms with E-state index in [1.165, 1.54) is 18.4 Å². The summed E-state index contributed by atoms with van der Waals surface area (Å²) in [5.74, 6) is 0.226. The quantitative estimate of drug-likeness (QED) is 0.720. The lowest BCUT2D eigenvalue weighted by atomic mass is 10.0. The van der Waals surface area contributed by atoms with Gasteiger partial charge in [-0.15, -0.1) is 0 Å². The molecule has 0 radical (unpaired) electrons. The van der Waals surface area contributed by atoms with Crippen LogP contribution >= 0.6 is 0 Å². The number of carbonyl (C=O) groups is 1. The molecule has 2 nitrogen and oxygen atoms in total. The predicted octanol–water partition coefficient (Wildman–Crippen LogP) is 3.17. The zero-order valence-corrected chi connectivity index (χ0v) is 10.9. The Hall–Kier alpha value is -1.31. The average molecular weight is 233 g/mol. The summed E-state index contributed by atoms with van der Waals surface area (Å²) >= 11 is 0. The van der Waals surface area contributed by atoms with Crippen molar-refractivity contribution in [3.8, 4) is 0 Å². The first kappa shape index (κ1) is 13.8. The molecule has 0 aliphatic rings. The molecule has 0 saturated heterocycles. The summed E-state index contributed by atoms with van der Waals surface area (Å²) in [6.45, 7) is 4.97. The van der Waals surface area contributed by atoms with Crippen LogP contribution in [0.1, 0.15) is 38.7 Å². The molecule has 17 heavy (non-hydrogen) atoms. The highest BCUT2D eigenvalue weighted by Gasteiger charge is 2.12. The van der Waals surface area contributed by atoms with Crippen LogP contribution in [0.4, 0.5) is 0 Å². The molecule has 1 N–H and O–H groups in total. The third-order valence-electron chi connectivity index (χ3n) is 2.91. The van der Waals surface area contributed by atoms with Gasteiger partial charge in [0.15, 0.2) is 0 Å². The number of amides is 1. The van der Waals surface area contributed by atoms with E-state index in [4.69, 9.17) is 0 Å². The van der Waals surface area contributed by atoms with Gasteiger partial charge in [0.05, 0.1) is 0 Å². The van der Waals surface area contributed by atoms with Crippen molar-refractivity contribution in [1.29, 1.82) is 0 Å². The molecule has 0 aromatic heterocycles. The van der Waals surface area contributed by atoms with Crippen LogP contribution in [0, 0.1) is 5.92 Å². The molecule has 1 atom stereocenters. The number of nitrogens with one attached hydrogen (secondary N) is 1. The summed E-state index contributed by atoms with van der Waals surface area (Å²) < 4.78 is 0. The van der Waals surface area contributed by atoms with Crippen molar-refractivity contribution in [2.24, 2.45) is 5.92 Å². The van der Waals surface area contributed by atoms with Gasteiger partial charge in [0.1, 0.15) is 0 Å². The largest absolute Gasteiger partial charge is 0.356 e. The minimum Gasteiger partial charge on any atom is -0.356 e. The fourth-order valence-electron chi connectivity index (χ4n) is 1.82. The molecule has 1 aromatic carbocycles. The van der Waals surface area contributed by atoms with E-state index in [0.717, 1.165) is 19.4 Å². The molecular weight excluding hydrogens is 210 g/mol. The third-order valence-corrected chi connectivity index (χ3v) is 2.91. The van der Waals surface area contributed by atoms with Gasteiger partial charge < -0.3 is 5.32 Å². The minimum absolute atomic E-state index is 0.0547. The van der Waals surface area contributed by atoms with Gasteiger partial charge in [0, 0.05) is 12.5 Å². The summed E-state index contributed by atoms with van der Waals surface area (Å²) in [5.41, 5.74) is 1.23. The Morgan fingerprint density at radius 3 is 2.59 bits per heavy atom. The van der Waals surface area contributed by atoms with Gasteiger partial charge >= 0.3 is 0 Å². The summed E-state index contributed by atoms with van der Waals surface area (Å²) in [5, 5.41) is 3.00. The molecule has 1 aromatic rings. The molecule has 1 rings (SSSR count). The summed E-state index contributed by atoms with van der Waals surface area (Å²) in [4.78, 5) is 11.8. The Kier molecular flexibility index (Phi) is 6.38. The van der Waals surface area contributed by atoms with Crippen LogP contribution in [0.25, 0.3) is 0 Å². The molecule has 1 amide bonds. The van der Waals surface area contributed by atoms with E-state index in [1.54, 1.807) is 0 Å². The zero-order chi connectivity index (χ0) is 12.5. The molecule has 0 fully saturated rings. The zero-order valence-electron chi connectivity index (χ0n) is 10.9. The first-order valence-corrected chi connectivity index (χ1v) is 6.55. The normalized spacial score (nSPS) is 12.1. The van der Waals surface area contributed by atoms with E-state index in [2.05, 4.69) is 24.4 Å². The van der Waals surface area contributed by atoms with Gasteiger partial charge in [-0.05, 0) is 18.4 Å². The first-order chi connectivity index (χ1) is 8.24. The number of benzene rings is 1. The predicted molar refractivity (Wildman–Crippen MR) is 71.8 cm³/mol. The Morgan fingerprint density at radius 2 is 1.94 bits per heavy atom. The number of unbranched alkanes of at least 4 members (excludes halogenated alkanes) is 2. The number of hydrogen-bond acceptors (Lipinski definition) is 1. The van der Waals surface area contributed by atoms with Crippen molar-refractivity contribution in [3.05, 3.63) is 35.9 Å². The lowest BCUT2D eigenvalue weighted by Crippen LogP contribution is -2.31. The smallest absolute Gasteiger partial charge is 0.223 e. The fourth-order valence-corrected chi connectivity index (χ4v) is 1.82. The van der Waals surface area contributed by atoms with E-state index in [-0.39, 0.29) is 11.8 Å². The molecule has 1 unspecified atom stereocenters. The monoisotopic (exact) mass is 233 g/mol. The Balaban J connectivity index is 2.27. The van der Waals surface area contributed by atoms with E-state index < -0.39 is 0 Å². The third kappa shape index (κ3) is 5.53. The minimum atomic E-state index is 0.0547. The van der Waals surface area contributed by atoms with Crippen LogP contribution in [-0.4, -0.2) is 12.5 Å². The van der Waals surface area contributed by atoms with Crippen molar-refractivity contribution in [2.45, 2.75) is 39.5 Å². The van der Waals surface area contributed by atoms with Crippen LogP contribution < -0.4 is 5.32 Å². The molecule has 0 saturated carbocycles. The van der Waals surface area contributed by atoms with Gasteiger partial charge in [-0.3, -0.25) is 4.79 Å². The summed E-state index contributed by atoms with van der Waals surface area (Å²) in [6.07, 6.45) is 4.28. The van der Waals surface area contributed by atoms with E-state index in [1.807, 2.05) is 25.1 Å². The highest BCUT2D eigenvalue weighted by Crippen LogP contribution is 2.08. The topological polar surface area (TPSA) is 29.1 Å². The number of carbonyl (C=O) groups excluding carboxylic acids is 1. The van der Waals surface area contributed by atoms with Crippen LogP contribution in [0.3, 0.4) is 0 Å². The SMILES string of the molecule is CCCCCNC(=O)C(C)Cc1ccccc1. The van der Waals surface area contributed by atoms with Crippen LogP contribution in [0.5, 0.6) is 0 Å². The lowest BCUT2D eigenvalue weighted by molar-refractivity contribution is -0.124. The number of rotatable bonds is 7. The highest BCUT2D eigenvalue weighted by atomic mass is 16.1. The molecule has 0 aliphatic heterocycles. The van der Waals surface area contributed by atoms with E-state index in [9.17, 15) is 4.79 Å². The summed E-state index contributed by atoms with van der Waals surface area (Å²) in [6, 6.07) is 10.2. The maximum atomic E-state index is 11.8. The molecule has 0 aliphatic carbocycles. The van der Waals surface area contributed by atoms with Crippen LogP contribution in [-0.2, 0) is 11.2 Å². The Morgan fingerprint density at radius 1 is 1.24 bits per heavy atom. The Labute approximate surface area is 104 Å². The maximum Gasteiger partial charge on any atom is 0.223 e.